The van der Waals surface area contributed by atoms with Crippen LogP contribution in [0, 0.1) is 0 Å². The average Bonchev–Trinajstić information content (AvgIpc) is 2.58. The number of nitrogens with two attached hydrogens (primary N) is 1. The fraction of sp³-hybridized carbons (Fsp3) is 0.632. The minimum Gasteiger partial charge on any atom is -0.356 e. The van der Waals surface area contributed by atoms with E-state index in [-0.39, 0.29) is 11.9 Å². The van der Waals surface area contributed by atoms with Gasteiger partial charge in [-0.2, -0.15) is 0 Å². The summed E-state index contributed by atoms with van der Waals surface area (Å²) in [5.74, 6) is 0.116. The number of carbonyl (C=O) groups is 1. The molecule has 2 unspecified atom stereocenters. The van der Waals surface area contributed by atoms with Crippen LogP contribution in [0.25, 0.3) is 0 Å². The van der Waals surface area contributed by atoms with Crippen LogP contribution in [0.2, 0.25) is 0 Å². The van der Waals surface area contributed by atoms with E-state index in [1.54, 1.807) is 0 Å². The van der Waals surface area contributed by atoms with Crippen molar-refractivity contribution in [3.05, 3.63) is 35.9 Å². The van der Waals surface area contributed by atoms with Gasteiger partial charge in [-0.15, -0.1) is 0 Å². The molecule has 0 spiro atoms. The molecule has 1 saturated heterocycles. The van der Waals surface area contributed by atoms with Crippen LogP contribution < -0.4 is 11.1 Å². The van der Waals surface area contributed by atoms with E-state index in [1.807, 2.05) is 6.92 Å². The van der Waals surface area contributed by atoms with Crippen molar-refractivity contribution in [1.82, 2.24) is 15.1 Å². The molecule has 24 heavy (non-hydrogen) atoms. The van der Waals surface area contributed by atoms with Crippen molar-refractivity contribution in [2.45, 2.75) is 38.3 Å². The molecule has 5 nitrogen and oxygen atoms in total. The first-order valence-corrected chi connectivity index (χ1v) is 9.06. The van der Waals surface area contributed by atoms with Crippen LogP contribution in [0.1, 0.15) is 37.8 Å². The van der Waals surface area contributed by atoms with E-state index in [9.17, 15) is 4.79 Å². The largest absolute Gasteiger partial charge is 0.356 e. The molecule has 0 radical (unpaired) electrons. The van der Waals surface area contributed by atoms with Gasteiger partial charge < -0.3 is 16.0 Å². The Morgan fingerprint density at radius 3 is 2.79 bits per heavy atom. The zero-order valence-electron chi connectivity index (χ0n) is 15.1. The molecule has 1 aliphatic heterocycles. The lowest BCUT2D eigenvalue weighted by molar-refractivity contribution is -0.121. The first-order chi connectivity index (χ1) is 11.6. The molecule has 0 saturated carbocycles. The summed E-state index contributed by atoms with van der Waals surface area (Å²) in [6.45, 7) is 6.93. The SMILES string of the molecule is CC(N)CCC(=O)NCCCN1CCN(C)CC1c1ccccc1. The Morgan fingerprint density at radius 2 is 2.08 bits per heavy atom. The first-order valence-electron chi connectivity index (χ1n) is 9.06. The van der Waals surface area contributed by atoms with Gasteiger partial charge in [0.25, 0.3) is 0 Å². The number of likely N-dealkylation sites (N-methyl/N-ethyl adjacent to an activating group) is 1. The van der Waals surface area contributed by atoms with Gasteiger partial charge in [0, 0.05) is 51.2 Å². The van der Waals surface area contributed by atoms with Crippen LogP contribution in [0.3, 0.4) is 0 Å². The van der Waals surface area contributed by atoms with E-state index in [0.29, 0.717) is 12.5 Å². The topological polar surface area (TPSA) is 61.6 Å². The monoisotopic (exact) mass is 332 g/mol. The van der Waals surface area contributed by atoms with Crippen molar-refractivity contribution < 1.29 is 4.79 Å². The first kappa shape index (κ1) is 18.9. The molecule has 134 valence electrons. The Kier molecular flexibility index (Phi) is 7.69. The highest BCUT2D eigenvalue weighted by Gasteiger charge is 2.25. The molecule has 1 aromatic rings. The lowest BCUT2D eigenvalue weighted by atomic mass is 10.0. The van der Waals surface area contributed by atoms with Gasteiger partial charge in [0.05, 0.1) is 0 Å². The number of rotatable bonds is 8. The van der Waals surface area contributed by atoms with Crippen LogP contribution in [0.5, 0.6) is 0 Å². The molecule has 1 heterocycles. The zero-order valence-corrected chi connectivity index (χ0v) is 15.1. The minimum absolute atomic E-state index is 0.0905. The van der Waals surface area contributed by atoms with E-state index in [0.717, 1.165) is 45.6 Å². The number of amides is 1. The van der Waals surface area contributed by atoms with Crippen LogP contribution in [-0.2, 0) is 4.79 Å². The number of nitrogens with zero attached hydrogens (tertiary/aromatic N) is 2. The summed E-state index contributed by atoms with van der Waals surface area (Å²) >= 11 is 0. The maximum Gasteiger partial charge on any atom is 0.220 e. The molecule has 2 rings (SSSR count). The number of piperazine rings is 1. The Bertz CT molecular complexity index is 491. The number of carbonyl (C=O) groups excluding carboxylic acids is 1. The van der Waals surface area contributed by atoms with Gasteiger partial charge in [-0.25, -0.2) is 0 Å². The quantitative estimate of drug-likeness (QED) is 0.710. The van der Waals surface area contributed by atoms with Crippen molar-refractivity contribution in [3.8, 4) is 0 Å². The van der Waals surface area contributed by atoms with Crippen LogP contribution in [0.15, 0.2) is 30.3 Å². The van der Waals surface area contributed by atoms with Gasteiger partial charge in [0.1, 0.15) is 0 Å². The maximum absolute atomic E-state index is 11.7. The lowest BCUT2D eigenvalue weighted by Gasteiger charge is -2.40. The number of nitrogens with one attached hydrogen (secondary N) is 1. The summed E-state index contributed by atoms with van der Waals surface area (Å²) in [6, 6.07) is 11.3. The highest BCUT2D eigenvalue weighted by Crippen LogP contribution is 2.24. The van der Waals surface area contributed by atoms with E-state index >= 15 is 0 Å². The summed E-state index contributed by atoms with van der Waals surface area (Å²) in [6.07, 6.45) is 2.26. The second-order valence-corrected chi connectivity index (χ2v) is 6.94. The molecule has 1 aromatic carbocycles. The van der Waals surface area contributed by atoms with Crippen LogP contribution >= 0.6 is 0 Å². The van der Waals surface area contributed by atoms with Gasteiger partial charge in [-0.05, 0) is 32.4 Å². The van der Waals surface area contributed by atoms with Crippen molar-refractivity contribution in [2.24, 2.45) is 5.73 Å². The van der Waals surface area contributed by atoms with E-state index in [4.69, 9.17) is 5.73 Å². The third-order valence-electron chi connectivity index (χ3n) is 4.65. The molecular weight excluding hydrogens is 300 g/mol. The van der Waals surface area contributed by atoms with Gasteiger partial charge in [0.15, 0.2) is 0 Å². The Hall–Kier alpha value is -1.43. The zero-order chi connectivity index (χ0) is 17.4. The van der Waals surface area contributed by atoms with E-state index in [2.05, 4.69) is 52.5 Å². The summed E-state index contributed by atoms with van der Waals surface area (Å²) in [4.78, 5) is 16.7. The van der Waals surface area contributed by atoms with Gasteiger partial charge in [-0.3, -0.25) is 9.69 Å². The number of hydrogen-bond donors (Lipinski definition) is 2. The predicted molar refractivity (Wildman–Crippen MR) is 98.8 cm³/mol. The highest BCUT2D eigenvalue weighted by molar-refractivity contribution is 5.75. The fourth-order valence-electron chi connectivity index (χ4n) is 3.17. The summed E-state index contributed by atoms with van der Waals surface area (Å²) in [5.41, 5.74) is 7.06. The lowest BCUT2D eigenvalue weighted by Crippen LogP contribution is -2.47. The number of benzene rings is 1. The van der Waals surface area contributed by atoms with Crippen molar-refractivity contribution in [1.29, 1.82) is 0 Å². The average molecular weight is 332 g/mol. The third kappa shape index (κ3) is 6.23. The van der Waals surface area contributed by atoms with Gasteiger partial charge >= 0.3 is 0 Å². The van der Waals surface area contributed by atoms with Crippen molar-refractivity contribution >= 4 is 5.91 Å². The number of hydrogen-bond acceptors (Lipinski definition) is 4. The summed E-state index contributed by atoms with van der Waals surface area (Å²) in [5, 5.41) is 3.01. The Balaban J connectivity index is 1.76. The standard InChI is InChI=1S/C19H32N4O/c1-16(20)9-10-19(24)21-11-6-12-23-14-13-22(2)15-18(23)17-7-4-3-5-8-17/h3-5,7-8,16,18H,6,9-15,20H2,1-2H3,(H,21,24). The molecule has 0 aliphatic carbocycles. The summed E-state index contributed by atoms with van der Waals surface area (Å²) in [7, 11) is 2.19. The van der Waals surface area contributed by atoms with Crippen LogP contribution in [-0.4, -0.2) is 61.5 Å². The Labute approximate surface area is 146 Å². The highest BCUT2D eigenvalue weighted by atomic mass is 16.1. The van der Waals surface area contributed by atoms with E-state index in [1.165, 1.54) is 5.56 Å². The van der Waals surface area contributed by atoms with Crippen molar-refractivity contribution in [2.75, 3.05) is 39.8 Å². The molecule has 5 heteroatoms. The molecular formula is C19H32N4O. The second-order valence-electron chi connectivity index (χ2n) is 6.94. The van der Waals surface area contributed by atoms with Gasteiger partial charge in [-0.1, -0.05) is 30.3 Å². The molecule has 2 atom stereocenters. The van der Waals surface area contributed by atoms with E-state index < -0.39 is 0 Å². The minimum atomic E-state index is 0.0905. The molecule has 0 aromatic heterocycles. The maximum atomic E-state index is 11.7. The molecule has 1 amide bonds. The Morgan fingerprint density at radius 1 is 1.33 bits per heavy atom. The third-order valence-corrected chi connectivity index (χ3v) is 4.65. The molecule has 0 bridgehead atoms. The molecule has 1 aliphatic rings. The predicted octanol–water partition coefficient (Wildman–Crippen LogP) is 1.61. The smallest absolute Gasteiger partial charge is 0.220 e. The summed E-state index contributed by atoms with van der Waals surface area (Å²) < 4.78 is 0. The van der Waals surface area contributed by atoms with Gasteiger partial charge in [0.2, 0.25) is 5.91 Å². The second kappa shape index (κ2) is 9.77. The van der Waals surface area contributed by atoms with Crippen molar-refractivity contribution in [3.63, 3.8) is 0 Å². The molecule has 3 N–H and O–H groups in total. The normalized spacial score (nSPS) is 20.7. The fourth-order valence-corrected chi connectivity index (χ4v) is 3.17. The van der Waals surface area contributed by atoms with Crippen LogP contribution in [0.4, 0.5) is 0 Å². The molecule has 1 fully saturated rings.